The lowest BCUT2D eigenvalue weighted by molar-refractivity contribution is 0.248. The highest BCUT2D eigenvalue weighted by Gasteiger charge is 2.18. The molecule has 1 fully saturated rings. The van der Waals surface area contributed by atoms with Gasteiger partial charge in [-0.2, -0.15) is 0 Å². The van der Waals surface area contributed by atoms with Gasteiger partial charge in [-0.25, -0.2) is 0 Å². The summed E-state index contributed by atoms with van der Waals surface area (Å²) in [7, 11) is 0. The van der Waals surface area contributed by atoms with Crippen molar-refractivity contribution in [3.05, 3.63) is 0 Å². The molecule has 1 atom stereocenters. The monoisotopic (exact) mass is 214 g/mol. The highest BCUT2D eigenvalue weighted by molar-refractivity contribution is 4.71. The Kier molecular flexibility index (Phi) is 10.4. The van der Waals surface area contributed by atoms with E-state index >= 15 is 0 Å². The van der Waals surface area contributed by atoms with Crippen molar-refractivity contribution in [1.29, 1.82) is 0 Å². The van der Waals surface area contributed by atoms with Crippen molar-refractivity contribution in [2.45, 2.75) is 72.1 Å². The smallest absolute Gasteiger partial charge is 0.0433 e. The van der Waals surface area contributed by atoms with Crippen LogP contribution in [0.1, 0.15) is 72.1 Å². The SMILES string of the molecule is CCCC(CC)CCO.CCCC1CC1. The van der Waals surface area contributed by atoms with Crippen LogP contribution in [0.2, 0.25) is 0 Å². The molecule has 1 saturated carbocycles. The summed E-state index contributed by atoms with van der Waals surface area (Å²) in [5.41, 5.74) is 0. The van der Waals surface area contributed by atoms with Crippen LogP contribution in [0.4, 0.5) is 0 Å². The van der Waals surface area contributed by atoms with E-state index in [1.165, 1.54) is 44.9 Å². The van der Waals surface area contributed by atoms with Crippen molar-refractivity contribution in [2.75, 3.05) is 6.61 Å². The van der Waals surface area contributed by atoms with E-state index in [0.29, 0.717) is 6.61 Å². The standard InChI is InChI=1S/C8H18O.C6H12/c1-3-5-8(4-2)6-7-9;1-2-3-6-4-5-6/h8-9H,3-7H2,1-2H3;6H,2-5H2,1H3. The zero-order valence-electron chi connectivity index (χ0n) is 11.0. The molecule has 1 unspecified atom stereocenters. The van der Waals surface area contributed by atoms with Gasteiger partial charge in [-0.1, -0.05) is 65.7 Å². The van der Waals surface area contributed by atoms with Crippen molar-refractivity contribution in [3.8, 4) is 0 Å². The Morgan fingerprint density at radius 2 is 1.73 bits per heavy atom. The molecule has 0 heterocycles. The Balaban J connectivity index is 0.000000280. The van der Waals surface area contributed by atoms with Gasteiger partial charge in [0.2, 0.25) is 0 Å². The van der Waals surface area contributed by atoms with E-state index in [1.807, 2.05) is 0 Å². The maximum Gasteiger partial charge on any atom is 0.0433 e. The second kappa shape index (κ2) is 10.5. The Morgan fingerprint density at radius 3 is 2.00 bits per heavy atom. The number of aliphatic hydroxyl groups excluding tert-OH is 1. The van der Waals surface area contributed by atoms with Gasteiger partial charge >= 0.3 is 0 Å². The molecule has 1 heteroatoms. The molecule has 0 saturated heterocycles. The summed E-state index contributed by atoms with van der Waals surface area (Å²) in [4.78, 5) is 0. The van der Waals surface area contributed by atoms with Gasteiger partial charge in [0.1, 0.15) is 0 Å². The van der Waals surface area contributed by atoms with Crippen LogP contribution in [0.15, 0.2) is 0 Å². The molecule has 0 aromatic rings. The Morgan fingerprint density at radius 1 is 1.07 bits per heavy atom. The van der Waals surface area contributed by atoms with Gasteiger partial charge in [-0.15, -0.1) is 0 Å². The zero-order chi connectivity index (χ0) is 11.5. The van der Waals surface area contributed by atoms with Crippen LogP contribution < -0.4 is 0 Å². The lowest BCUT2D eigenvalue weighted by Crippen LogP contribution is -2.00. The highest BCUT2D eigenvalue weighted by atomic mass is 16.3. The largest absolute Gasteiger partial charge is 0.396 e. The maximum absolute atomic E-state index is 8.59. The minimum Gasteiger partial charge on any atom is -0.396 e. The van der Waals surface area contributed by atoms with Crippen LogP contribution in [0.5, 0.6) is 0 Å². The van der Waals surface area contributed by atoms with Gasteiger partial charge in [0.25, 0.3) is 0 Å². The van der Waals surface area contributed by atoms with E-state index in [1.54, 1.807) is 0 Å². The minimum atomic E-state index is 0.360. The molecule has 1 aliphatic carbocycles. The molecule has 1 nitrogen and oxygen atoms in total. The van der Waals surface area contributed by atoms with Gasteiger partial charge in [0.15, 0.2) is 0 Å². The first-order valence-electron chi connectivity index (χ1n) is 6.89. The fraction of sp³-hybridized carbons (Fsp3) is 1.00. The quantitative estimate of drug-likeness (QED) is 0.666. The van der Waals surface area contributed by atoms with E-state index in [9.17, 15) is 0 Å². The fourth-order valence-corrected chi connectivity index (χ4v) is 1.96. The van der Waals surface area contributed by atoms with Gasteiger partial charge in [-0.3, -0.25) is 0 Å². The zero-order valence-corrected chi connectivity index (χ0v) is 11.0. The van der Waals surface area contributed by atoms with Crippen molar-refractivity contribution in [2.24, 2.45) is 11.8 Å². The van der Waals surface area contributed by atoms with Gasteiger partial charge < -0.3 is 5.11 Å². The van der Waals surface area contributed by atoms with E-state index in [2.05, 4.69) is 20.8 Å². The van der Waals surface area contributed by atoms with E-state index in [-0.39, 0.29) is 0 Å². The fourth-order valence-electron chi connectivity index (χ4n) is 1.96. The van der Waals surface area contributed by atoms with Crippen LogP contribution >= 0.6 is 0 Å². The molecule has 0 amide bonds. The summed E-state index contributed by atoms with van der Waals surface area (Å²) in [5, 5.41) is 8.59. The molecule has 1 N–H and O–H groups in total. The predicted molar refractivity (Wildman–Crippen MR) is 68.0 cm³/mol. The molecular weight excluding hydrogens is 184 g/mol. The molecule has 0 radical (unpaired) electrons. The number of hydrogen-bond acceptors (Lipinski definition) is 1. The third kappa shape index (κ3) is 10.2. The van der Waals surface area contributed by atoms with Crippen molar-refractivity contribution in [3.63, 3.8) is 0 Å². The molecular formula is C14H30O. The lowest BCUT2D eigenvalue weighted by Gasteiger charge is -2.10. The van der Waals surface area contributed by atoms with Crippen LogP contribution in [0, 0.1) is 11.8 Å². The highest BCUT2D eigenvalue weighted by Crippen LogP contribution is 2.32. The van der Waals surface area contributed by atoms with Gasteiger partial charge in [0.05, 0.1) is 0 Å². The molecule has 0 aliphatic heterocycles. The topological polar surface area (TPSA) is 20.2 Å². The number of hydrogen-bond donors (Lipinski definition) is 1. The summed E-state index contributed by atoms with van der Waals surface area (Å²) >= 11 is 0. The second-order valence-corrected chi connectivity index (χ2v) is 4.81. The van der Waals surface area contributed by atoms with Crippen LogP contribution in [0.3, 0.4) is 0 Å². The Hall–Kier alpha value is -0.0400. The summed E-state index contributed by atoms with van der Waals surface area (Å²) in [6.07, 6.45) is 10.7. The average Bonchev–Trinajstić information content (AvgIpc) is 3.03. The normalized spacial score (nSPS) is 16.8. The Bertz CT molecular complexity index is 113. The first kappa shape index (κ1) is 15.0. The molecule has 0 aromatic heterocycles. The van der Waals surface area contributed by atoms with Crippen LogP contribution in [-0.2, 0) is 0 Å². The minimum absolute atomic E-state index is 0.360. The third-order valence-corrected chi connectivity index (χ3v) is 3.21. The Labute approximate surface area is 96.3 Å². The summed E-state index contributed by atoms with van der Waals surface area (Å²) in [6.45, 7) is 7.01. The number of aliphatic hydroxyl groups is 1. The first-order chi connectivity index (χ1) is 7.28. The molecule has 0 bridgehead atoms. The maximum atomic E-state index is 8.59. The second-order valence-electron chi connectivity index (χ2n) is 4.81. The van der Waals surface area contributed by atoms with Crippen molar-refractivity contribution in [1.82, 2.24) is 0 Å². The lowest BCUT2D eigenvalue weighted by atomic mass is 9.98. The number of rotatable bonds is 7. The first-order valence-corrected chi connectivity index (χ1v) is 6.89. The average molecular weight is 214 g/mol. The molecule has 0 aromatic carbocycles. The van der Waals surface area contributed by atoms with E-state index in [4.69, 9.17) is 5.11 Å². The molecule has 0 spiro atoms. The van der Waals surface area contributed by atoms with Gasteiger partial charge in [0, 0.05) is 6.61 Å². The van der Waals surface area contributed by atoms with Gasteiger partial charge in [-0.05, 0) is 18.3 Å². The molecule has 15 heavy (non-hydrogen) atoms. The molecule has 1 aliphatic rings. The van der Waals surface area contributed by atoms with Crippen molar-refractivity contribution >= 4 is 0 Å². The van der Waals surface area contributed by atoms with Crippen molar-refractivity contribution < 1.29 is 5.11 Å². The van der Waals surface area contributed by atoms with E-state index < -0.39 is 0 Å². The summed E-state index contributed by atoms with van der Waals surface area (Å²) in [5.74, 6) is 1.91. The third-order valence-electron chi connectivity index (χ3n) is 3.21. The van der Waals surface area contributed by atoms with Crippen LogP contribution in [-0.4, -0.2) is 11.7 Å². The molecule has 92 valence electrons. The van der Waals surface area contributed by atoms with Crippen LogP contribution in [0.25, 0.3) is 0 Å². The molecule has 1 rings (SSSR count). The summed E-state index contributed by atoms with van der Waals surface area (Å²) < 4.78 is 0. The summed E-state index contributed by atoms with van der Waals surface area (Å²) in [6, 6.07) is 0. The van der Waals surface area contributed by atoms with E-state index in [0.717, 1.165) is 18.3 Å². The predicted octanol–water partition coefficient (Wildman–Crippen LogP) is 4.39.